The Bertz CT molecular complexity index is 469. The van der Waals surface area contributed by atoms with Gasteiger partial charge in [-0.1, -0.05) is 32.6 Å². The van der Waals surface area contributed by atoms with Crippen molar-refractivity contribution in [2.24, 2.45) is 0 Å². The van der Waals surface area contributed by atoms with E-state index < -0.39 is 0 Å². The second kappa shape index (κ2) is 7.10. The lowest BCUT2D eigenvalue weighted by Gasteiger charge is -2.22. The number of hydrogen-bond donors (Lipinski definition) is 1. The molecule has 0 radical (unpaired) electrons. The summed E-state index contributed by atoms with van der Waals surface area (Å²) in [6.07, 6.45) is 11.9. The number of unbranched alkanes of at least 4 members (excludes halogenated alkanes) is 2. The highest BCUT2D eigenvalue weighted by molar-refractivity contribution is 5.51. The predicted molar refractivity (Wildman–Crippen MR) is 85.0 cm³/mol. The third kappa shape index (κ3) is 3.66. The molecule has 0 atom stereocenters. The normalized spacial score (nSPS) is 18.3. The molecule has 2 aliphatic rings. The maximum absolute atomic E-state index is 5.78. The molecule has 3 rings (SSSR count). The fourth-order valence-electron chi connectivity index (χ4n) is 3.30. The van der Waals surface area contributed by atoms with E-state index in [1.54, 1.807) is 0 Å². The number of nitrogens with zero attached hydrogens (tertiary/aromatic N) is 2. The summed E-state index contributed by atoms with van der Waals surface area (Å²) in [4.78, 5) is 9.47. The average molecular weight is 289 g/mol. The van der Waals surface area contributed by atoms with Gasteiger partial charge in [0.25, 0.3) is 0 Å². The standard InChI is InChI=1S/C17H27N3O/c1-2-3-4-11-15-19-16(18-13-8-5-6-9-13)14-10-7-12-21-17(14)20-15/h13H,2-12H2,1H3,(H,18,19,20). The van der Waals surface area contributed by atoms with Crippen molar-refractivity contribution >= 4 is 5.82 Å². The molecule has 0 spiro atoms. The van der Waals surface area contributed by atoms with Crippen LogP contribution in [0, 0.1) is 0 Å². The molecule has 116 valence electrons. The minimum atomic E-state index is 0.592. The van der Waals surface area contributed by atoms with Gasteiger partial charge in [-0.25, -0.2) is 4.98 Å². The van der Waals surface area contributed by atoms with Gasteiger partial charge in [0.1, 0.15) is 11.6 Å². The summed E-state index contributed by atoms with van der Waals surface area (Å²) in [6, 6.07) is 0.592. The first-order valence-corrected chi connectivity index (χ1v) is 8.66. The molecule has 0 amide bonds. The molecule has 1 fully saturated rings. The average Bonchev–Trinajstić information content (AvgIpc) is 3.01. The van der Waals surface area contributed by atoms with Gasteiger partial charge >= 0.3 is 0 Å². The van der Waals surface area contributed by atoms with Crippen molar-refractivity contribution in [1.82, 2.24) is 9.97 Å². The zero-order valence-corrected chi connectivity index (χ0v) is 13.2. The van der Waals surface area contributed by atoms with Crippen molar-refractivity contribution in [3.63, 3.8) is 0 Å². The number of ether oxygens (including phenoxy) is 1. The van der Waals surface area contributed by atoms with Crippen LogP contribution in [0.4, 0.5) is 5.82 Å². The minimum Gasteiger partial charge on any atom is -0.477 e. The molecule has 1 aromatic heterocycles. The lowest BCUT2D eigenvalue weighted by atomic mass is 10.1. The summed E-state index contributed by atoms with van der Waals surface area (Å²) in [5.41, 5.74) is 1.20. The van der Waals surface area contributed by atoms with E-state index >= 15 is 0 Å². The van der Waals surface area contributed by atoms with Crippen LogP contribution in [0.25, 0.3) is 0 Å². The number of aromatic nitrogens is 2. The highest BCUT2D eigenvalue weighted by Gasteiger charge is 2.22. The Balaban J connectivity index is 1.78. The molecule has 4 heteroatoms. The predicted octanol–water partition coefficient (Wildman–Crippen LogP) is 3.89. The van der Waals surface area contributed by atoms with Crippen molar-refractivity contribution in [2.75, 3.05) is 11.9 Å². The van der Waals surface area contributed by atoms with Crippen LogP contribution in [0.3, 0.4) is 0 Å². The summed E-state index contributed by atoms with van der Waals surface area (Å²) in [5, 5.41) is 3.67. The SMILES string of the molecule is CCCCCc1nc(NC2CCCC2)c2c(n1)OCCC2. The van der Waals surface area contributed by atoms with Crippen LogP contribution in [-0.2, 0) is 12.8 Å². The highest BCUT2D eigenvalue weighted by atomic mass is 16.5. The van der Waals surface area contributed by atoms with Gasteiger partial charge < -0.3 is 10.1 Å². The fourth-order valence-corrected chi connectivity index (χ4v) is 3.30. The molecule has 0 bridgehead atoms. The van der Waals surface area contributed by atoms with E-state index in [0.29, 0.717) is 6.04 Å². The first kappa shape index (κ1) is 14.6. The molecular formula is C17H27N3O. The van der Waals surface area contributed by atoms with E-state index in [1.165, 1.54) is 44.1 Å². The molecule has 21 heavy (non-hydrogen) atoms. The van der Waals surface area contributed by atoms with Crippen molar-refractivity contribution < 1.29 is 4.74 Å². The van der Waals surface area contributed by atoms with Gasteiger partial charge in [0, 0.05) is 12.5 Å². The van der Waals surface area contributed by atoms with Gasteiger partial charge in [-0.3, -0.25) is 0 Å². The fraction of sp³-hybridized carbons (Fsp3) is 0.765. The van der Waals surface area contributed by atoms with E-state index in [0.717, 1.165) is 49.8 Å². The van der Waals surface area contributed by atoms with Crippen molar-refractivity contribution in [2.45, 2.75) is 77.2 Å². The largest absolute Gasteiger partial charge is 0.477 e. The van der Waals surface area contributed by atoms with E-state index in [-0.39, 0.29) is 0 Å². The van der Waals surface area contributed by atoms with Crippen LogP contribution in [0.15, 0.2) is 0 Å². The van der Waals surface area contributed by atoms with Gasteiger partial charge in [-0.2, -0.15) is 4.98 Å². The number of fused-ring (bicyclic) bond motifs is 1. The highest BCUT2D eigenvalue weighted by Crippen LogP contribution is 2.31. The molecule has 0 unspecified atom stereocenters. The molecule has 1 aliphatic heterocycles. The maximum Gasteiger partial charge on any atom is 0.222 e. The van der Waals surface area contributed by atoms with E-state index in [9.17, 15) is 0 Å². The molecule has 4 nitrogen and oxygen atoms in total. The third-order valence-corrected chi connectivity index (χ3v) is 4.53. The number of nitrogens with one attached hydrogen (secondary N) is 1. The quantitative estimate of drug-likeness (QED) is 0.807. The van der Waals surface area contributed by atoms with Crippen molar-refractivity contribution in [3.05, 3.63) is 11.4 Å². The van der Waals surface area contributed by atoms with Crippen molar-refractivity contribution in [1.29, 1.82) is 0 Å². The number of hydrogen-bond acceptors (Lipinski definition) is 4. The maximum atomic E-state index is 5.78. The van der Waals surface area contributed by atoms with E-state index in [1.807, 2.05) is 0 Å². The molecule has 1 N–H and O–H groups in total. The molecule has 1 aromatic rings. The zero-order valence-electron chi connectivity index (χ0n) is 13.2. The van der Waals surface area contributed by atoms with Crippen molar-refractivity contribution in [3.8, 4) is 5.88 Å². The van der Waals surface area contributed by atoms with Gasteiger partial charge in [0.15, 0.2) is 0 Å². The van der Waals surface area contributed by atoms with Crippen LogP contribution in [0.5, 0.6) is 5.88 Å². The Hall–Kier alpha value is -1.32. The molecule has 0 aromatic carbocycles. The second-order valence-corrected chi connectivity index (χ2v) is 6.31. The zero-order chi connectivity index (χ0) is 14.5. The van der Waals surface area contributed by atoms with Crippen LogP contribution in [0.2, 0.25) is 0 Å². The van der Waals surface area contributed by atoms with E-state index in [4.69, 9.17) is 9.72 Å². The molecule has 2 heterocycles. The molecule has 0 saturated heterocycles. The lowest BCUT2D eigenvalue weighted by molar-refractivity contribution is 0.274. The lowest BCUT2D eigenvalue weighted by Crippen LogP contribution is -2.21. The van der Waals surface area contributed by atoms with E-state index in [2.05, 4.69) is 17.2 Å². The van der Waals surface area contributed by atoms with Gasteiger partial charge in [0.2, 0.25) is 5.88 Å². The Kier molecular flexibility index (Phi) is 4.94. The smallest absolute Gasteiger partial charge is 0.222 e. The third-order valence-electron chi connectivity index (χ3n) is 4.53. The number of aryl methyl sites for hydroxylation is 1. The molecular weight excluding hydrogens is 262 g/mol. The Morgan fingerprint density at radius 1 is 1.14 bits per heavy atom. The second-order valence-electron chi connectivity index (χ2n) is 6.31. The Morgan fingerprint density at radius 3 is 2.81 bits per heavy atom. The molecule has 1 saturated carbocycles. The topological polar surface area (TPSA) is 47.0 Å². The van der Waals surface area contributed by atoms with Crippen LogP contribution >= 0.6 is 0 Å². The van der Waals surface area contributed by atoms with Crippen LogP contribution < -0.4 is 10.1 Å². The number of rotatable bonds is 6. The Labute approximate surface area is 127 Å². The number of anilines is 1. The monoisotopic (exact) mass is 289 g/mol. The van der Waals surface area contributed by atoms with Gasteiger partial charge in [-0.15, -0.1) is 0 Å². The summed E-state index contributed by atoms with van der Waals surface area (Å²) in [7, 11) is 0. The first-order chi connectivity index (χ1) is 10.4. The van der Waals surface area contributed by atoms with Gasteiger partial charge in [0.05, 0.1) is 12.2 Å². The summed E-state index contributed by atoms with van der Waals surface area (Å²) in [5.74, 6) is 2.84. The summed E-state index contributed by atoms with van der Waals surface area (Å²) < 4.78 is 5.78. The summed E-state index contributed by atoms with van der Waals surface area (Å²) >= 11 is 0. The minimum absolute atomic E-state index is 0.592. The van der Waals surface area contributed by atoms with Crippen LogP contribution in [0.1, 0.15) is 69.7 Å². The molecule has 1 aliphatic carbocycles. The first-order valence-electron chi connectivity index (χ1n) is 8.66. The van der Waals surface area contributed by atoms with Crippen LogP contribution in [-0.4, -0.2) is 22.6 Å². The summed E-state index contributed by atoms with van der Waals surface area (Å²) in [6.45, 7) is 3.02. The van der Waals surface area contributed by atoms with Gasteiger partial charge in [-0.05, 0) is 32.1 Å². The Morgan fingerprint density at radius 2 is 2.00 bits per heavy atom.